The van der Waals surface area contributed by atoms with Gasteiger partial charge in [-0.15, -0.1) is 0 Å². The van der Waals surface area contributed by atoms with Crippen LogP contribution in [0.3, 0.4) is 0 Å². The van der Waals surface area contributed by atoms with E-state index in [1.807, 2.05) is 0 Å². The van der Waals surface area contributed by atoms with Crippen molar-refractivity contribution >= 4 is 27.7 Å². The van der Waals surface area contributed by atoms with Crippen LogP contribution in [0.1, 0.15) is 50.6 Å². The van der Waals surface area contributed by atoms with Crippen LogP contribution >= 0.6 is 27.7 Å². The van der Waals surface area contributed by atoms with E-state index < -0.39 is 0 Å². The van der Waals surface area contributed by atoms with Crippen molar-refractivity contribution in [3.8, 4) is 5.75 Å². The van der Waals surface area contributed by atoms with E-state index in [9.17, 15) is 0 Å². The van der Waals surface area contributed by atoms with Crippen LogP contribution in [0.5, 0.6) is 5.75 Å². The molecule has 1 aliphatic carbocycles. The van der Waals surface area contributed by atoms with Crippen molar-refractivity contribution in [2.45, 2.75) is 56.4 Å². The maximum Gasteiger partial charge on any atom is 0.125 e. The van der Waals surface area contributed by atoms with E-state index in [-0.39, 0.29) is 0 Å². The average Bonchev–Trinajstić information content (AvgIpc) is 2.81. The van der Waals surface area contributed by atoms with Crippen LogP contribution in [0.2, 0.25) is 0 Å². The van der Waals surface area contributed by atoms with Gasteiger partial charge in [0.1, 0.15) is 5.75 Å². The quantitative estimate of drug-likeness (QED) is 0.812. The Bertz CT molecular complexity index is 482. The lowest BCUT2D eigenvalue weighted by atomic mass is 10.0. The Balaban J connectivity index is 1.68. The number of hydrogen-bond donors (Lipinski definition) is 1. The first-order chi connectivity index (χ1) is 10.3. The third-order valence-electron chi connectivity index (χ3n) is 4.47. The molecule has 21 heavy (non-hydrogen) atoms. The third kappa shape index (κ3) is 3.96. The molecule has 1 aromatic carbocycles. The average molecular weight is 370 g/mol. The van der Waals surface area contributed by atoms with E-state index in [1.165, 1.54) is 37.0 Å². The number of halogens is 1. The van der Waals surface area contributed by atoms with Gasteiger partial charge in [-0.3, -0.25) is 0 Å². The number of benzene rings is 1. The highest BCUT2D eigenvalue weighted by atomic mass is 79.9. The zero-order chi connectivity index (χ0) is 14.7. The number of hydrogen-bond acceptors (Lipinski definition) is 3. The van der Waals surface area contributed by atoms with Crippen molar-refractivity contribution in [3.63, 3.8) is 0 Å². The molecule has 116 valence electrons. The first kappa shape index (κ1) is 15.7. The van der Waals surface area contributed by atoms with Gasteiger partial charge in [0.2, 0.25) is 0 Å². The molecule has 0 bridgehead atoms. The van der Waals surface area contributed by atoms with Crippen molar-refractivity contribution in [2.24, 2.45) is 0 Å². The van der Waals surface area contributed by atoms with Crippen molar-refractivity contribution in [1.29, 1.82) is 0 Å². The minimum atomic E-state index is 0.450. The smallest absolute Gasteiger partial charge is 0.125 e. The van der Waals surface area contributed by atoms with Crippen LogP contribution in [-0.4, -0.2) is 23.7 Å². The normalized spacial score (nSPS) is 28.8. The molecule has 0 spiro atoms. The van der Waals surface area contributed by atoms with Crippen LogP contribution in [-0.2, 0) is 0 Å². The largest absolute Gasteiger partial charge is 0.493 e. The van der Waals surface area contributed by atoms with Crippen LogP contribution in [0.4, 0.5) is 0 Å². The molecule has 1 aromatic rings. The van der Waals surface area contributed by atoms with Gasteiger partial charge in [-0.25, -0.2) is 0 Å². The molecule has 1 aliphatic heterocycles. The summed E-state index contributed by atoms with van der Waals surface area (Å²) in [5.74, 6) is 2.29. The number of ether oxygens (including phenoxy) is 1. The fourth-order valence-corrected chi connectivity index (χ4v) is 4.96. The van der Waals surface area contributed by atoms with Gasteiger partial charge in [0.15, 0.2) is 0 Å². The standard InChI is InChI=1S/C17H24BrNOS/c1-2-21-14-7-6-13(11-14)19-16-4-3-9-20-17-10-12(18)5-8-15(16)17/h5,8,10,13-14,16,19H,2-4,6-7,9,11H2,1H3. The highest BCUT2D eigenvalue weighted by Crippen LogP contribution is 2.36. The number of nitrogens with one attached hydrogen (secondary N) is 1. The molecule has 0 radical (unpaired) electrons. The maximum absolute atomic E-state index is 5.91. The van der Waals surface area contributed by atoms with Gasteiger partial charge < -0.3 is 10.1 Å². The van der Waals surface area contributed by atoms with Crippen molar-refractivity contribution in [3.05, 3.63) is 28.2 Å². The van der Waals surface area contributed by atoms with Gasteiger partial charge >= 0.3 is 0 Å². The molecule has 1 heterocycles. The molecule has 0 saturated heterocycles. The Morgan fingerprint density at radius 3 is 3.10 bits per heavy atom. The van der Waals surface area contributed by atoms with E-state index in [2.05, 4.69) is 58.1 Å². The van der Waals surface area contributed by atoms with Gasteiger partial charge in [-0.1, -0.05) is 28.9 Å². The van der Waals surface area contributed by atoms with E-state index in [1.54, 1.807) is 0 Å². The van der Waals surface area contributed by atoms with Crippen molar-refractivity contribution < 1.29 is 4.74 Å². The van der Waals surface area contributed by atoms with Crippen LogP contribution in [0, 0.1) is 0 Å². The number of fused-ring (bicyclic) bond motifs is 1. The van der Waals surface area contributed by atoms with Crippen molar-refractivity contribution in [1.82, 2.24) is 5.32 Å². The summed E-state index contributed by atoms with van der Waals surface area (Å²) in [5, 5.41) is 4.77. The highest BCUT2D eigenvalue weighted by Gasteiger charge is 2.28. The van der Waals surface area contributed by atoms with Gasteiger partial charge in [0.25, 0.3) is 0 Å². The minimum Gasteiger partial charge on any atom is -0.493 e. The molecule has 1 fully saturated rings. The Hall–Kier alpha value is -0.190. The summed E-state index contributed by atoms with van der Waals surface area (Å²) in [6.07, 6.45) is 6.32. The summed E-state index contributed by atoms with van der Waals surface area (Å²) < 4.78 is 7.01. The van der Waals surface area contributed by atoms with Gasteiger partial charge in [-0.2, -0.15) is 11.8 Å². The van der Waals surface area contributed by atoms with E-state index >= 15 is 0 Å². The van der Waals surface area contributed by atoms with Gasteiger partial charge in [0.05, 0.1) is 6.61 Å². The molecular weight excluding hydrogens is 346 g/mol. The summed E-state index contributed by atoms with van der Waals surface area (Å²) in [7, 11) is 0. The predicted molar refractivity (Wildman–Crippen MR) is 94.3 cm³/mol. The summed E-state index contributed by atoms with van der Waals surface area (Å²) in [6.45, 7) is 3.10. The molecule has 3 rings (SSSR count). The first-order valence-corrected chi connectivity index (χ1v) is 9.90. The molecule has 1 saturated carbocycles. The lowest BCUT2D eigenvalue weighted by Crippen LogP contribution is -2.31. The second kappa shape index (κ2) is 7.38. The van der Waals surface area contributed by atoms with Crippen LogP contribution < -0.4 is 10.1 Å². The Morgan fingerprint density at radius 2 is 2.24 bits per heavy atom. The minimum absolute atomic E-state index is 0.450. The molecule has 0 amide bonds. The fraction of sp³-hybridized carbons (Fsp3) is 0.647. The number of rotatable bonds is 4. The van der Waals surface area contributed by atoms with E-state index in [0.717, 1.165) is 28.5 Å². The van der Waals surface area contributed by atoms with Crippen LogP contribution in [0.15, 0.2) is 22.7 Å². The molecule has 3 atom stereocenters. The second-order valence-corrected chi connectivity index (χ2v) is 8.47. The summed E-state index contributed by atoms with van der Waals surface area (Å²) in [4.78, 5) is 0. The molecular formula is C17H24BrNOS. The lowest BCUT2D eigenvalue weighted by Gasteiger charge is -2.23. The fourth-order valence-electron chi connectivity index (χ4n) is 3.48. The SMILES string of the molecule is CCSC1CCC(NC2CCCOc3cc(Br)ccc32)C1. The van der Waals surface area contributed by atoms with Crippen LogP contribution in [0.25, 0.3) is 0 Å². The maximum atomic E-state index is 5.91. The van der Waals surface area contributed by atoms with E-state index in [0.29, 0.717) is 12.1 Å². The molecule has 3 unspecified atom stereocenters. The van der Waals surface area contributed by atoms with Crippen molar-refractivity contribution in [2.75, 3.05) is 12.4 Å². The first-order valence-electron chi connectivity index (χ1n) is 8.06. The Kier molecular flexibility index (Phi) is 5.52. The molecule has 0 aromatic heterocycles. The zero-order valence-electron chi connectivity index (χ0n) is 12.6. The summed E-state index contributed by atoms with van der Waals surface area (Å²) in [5.41, 5.74) is 1.34. The van der Waals surface area contributed by atoms with Gasteiger partial charge in [-0.05, 0) is 50.0 Å². The molecule has 1 N–H and O–H groups in total. The Labute approximate surface area is 140 Å². The predicted octanol–water partition coefficient (Wildman–Crippen LogP) is 4.93. The van der Waals surface area contributed by atoms with E-state index in [4.69, 9.17) is 4.74 Å². The molecule has 2 nitrogen and oxygen atoms in total. The topological polar surface area (TPSA) is 21.3 Å². The zero-order valence-corrected chi connectivity index (χ0v) is 15.0. The summed E-state index contributed by atoms with van der Waals surface area (Å²) >= 11 is 5.67. The second-order valence-electron chi connectivity index (χ2n) is 5.98. The highest BCUT2D eigenvalue weighted by molar-refractivity contribution is 9.10. The Morgan fingerprint density at radius 1 is 1.33 bits per heavy atom. The molecule has 4 heteroatoms. The van der Waals surface area contributed by atoms with Gasteiger partial charge in [0, 0.05) is 27.4 Å². The summed E-state index contributed by atoms with van der Waals surface area (Å²) in [6, 6.07) is 7.58. The monoisotopic (exact) mass is 369 g/mol. The third-order valence-corrected chi connectivity index (χ3v) is 6.20. The lowest BCUT2D eigenvalue weighted by molar-refractivity contribution is 0.314. The molecule has 2 aliphatic rings. The number of thioether (sulfide) groups is 1.